The molecule has 0 aliphatic heterocycles. The number of pyridine rings is 2. The van der Waals surface area contributed by atoms with E-state index < -0.39 is 0 Å². The van der Waals surface area contributed by atoms with Crippen LogP contribution in [0.15, 0.2) is 109 Å². The first-order valence-electron chi connectivity index (χ1n) is 11.3. The lowest BCUT2D eigenvalue weighted by atomic mass is 9.85. The van der Waals surface area contributed by atoms with Crippen molar-refractivity contribution in [1.29, 1.82) is 0 Å². The minimum Gasteiger partial charge on any atom is -0.287 e. The summed E-state index contributed by atoms with van der Waals surface area (Å²) in [6, 6.07) is 34.8. The summed E-state index contributed by atoms with van der Waals surface area (Å²) in [4.78, 5) is 23.2. The second-order valence-electron chi connectivity index (χ2n) is 8.60. The average molecular weight is 434 g/mol. The molecule has 0 amide bonds. The molecule has 2 heterocycles. The van der Waals surface area contributed by atoms with E-state index in [4.69, 9.17) is 9.97 Å². The van der Waals surface area contributed by atoms with Crippen molar-refractivity contribution in [2.45, 2.75) is 0 Å². The number of fused-ring (bicyclic) bond motifs is 4. The predicted octanol–water partition coefficient (Wildman–Crippen LogP) is 7.33. The lowest BCUT2D eigenvalue weighted by Crippen LogP contribution is -2.13. The number of aromatic nitrogens is 2. The van der Waals surface area contributed by atoms with Crippen molar-refractivity contribution < 1.29 is 4.79 Å². The van der Waals surface area contributed by atoms with Crippen molar-refractivity contribution in [3.8, 4) is 33.5 Å². The van der Waals surface area contributed by atoms with Gasteiger partial charge in [-0.15, -0.1) is 0 Å². The molecule has 0 unspecified atom stereocenters. The van der Waals surface area contributed by atoms with Crippen LogP contribution in [0.2, 0.25) is 0 Å². The monoisotopic (exact) mass is 434 g/mol. The number of carbonyl (C=O) groups is 1. The minimum absolute atomic E-state index is 0.0471. The molecule has 3 nitrogen and oxygen atoms in total. The number of hydrogen-bond donors (Lipinski definition) is 0. The van der Waals surface area contributed by atoms with E-state index in [-0.39, 0.29) is 5.78 Å². The predicted molar refractivity (Wildman–Crippen MR) is 137 cm³/mol. The molecule has 4 aromatic carbocycles. The molecule has 0 atom stereocenters. The molecule has 158 valence electrons. The van der Waals surface area contributed by atoms with Crippen molar-refractivity contribution in [3.05, 3.63) is 121 Å². The van der Waals surface area contributed by atoms with Crippen molar-refractivity contribution in [3.63, 3.8) is 0 Å². The number of ketones is 1. The Labute approximate surface area is 196 Å². The Hall–Kier alpha value is -4.63. The summed E-state index contributed by atoms with van der Waals surface area (Å²) in [6.45, 7) is 0. The number of nitrogens with zero attached hydrogens (tertiary/aromatic N) is 2. The van der Waals surface area contributed by atoms with Crippen molar-refractivity contribution in [2.24, 2.45) is 0 Å². The highest BCUT2D eigenvalue weighted by atomic mass is 16.1. The van der Waals surface area contributed by atoms with Crippen LogP contribution in [-0.2, 0) is 0 Å². The van der Waals surface area contributed by atoms with E-state index >= 15 is 0 Å². The van der Waals surface area contributed by atoms with Gasteiger partial charge < -0.3 is 0 Å². The number of carbonyl (C=O) groups excluding carboxylic acids is 1. The van der Waals surface area contributed by atoms with Gasteiger partial charge in [-0.1, -0.05) is 72.8 Å². The van der Waals surface area contributed by atoms with Crippen LogP contribution in [0.5, 0.6) is 0 Å². The van der Waals surface area contributed by atoms with Crippen molar-refractivity contribution >= 4 is 27.5 Å². The summed E-state index contributed by atoms with van der Waals surface area (Å²) in [7, 11) is 0. The van der Waals surface area contributed by atoms with Crippen LogP contribution in [0.25, 0.3) is 55.2 Å². The molecule has 1 aliphatic rings. The first-order valence-corrected chi connectivity index (χ1v) is 11.3. The van der Waals surface area contributed by atoms with Crippen LogP contribution in [-0.4, -0.2) is 15.8 Å². The molecule has 0 radical (unpaired) electrons. The fourth-order valence-electron chi connectivity index (χ4n) is 5.01. The Morgan fingerprint density at radius 1 is 0.529 bits per heavy atom. The Kier molecular flexibility index (Phi) is 4.00. The first kappa shape index (κ1) is 18.9. The van der Waals surface area contributed by atoms with Crippen molar-refractivity contribution in [2.75, 3.05) is 0 Å². The van der Waals surface area contributed by atoms with Gasteiger partial charge in [-0.25, -0.2) is 4.98 Å². The second-order valence-corrected chi connectivity index (χ2v) is 8.60. The molecule has 6 aromatic rings. The van der Waals surface area contributed by atoms with Crippen LogP contribution in [0.1, 0.15) is 16.1 Å². The maximum atomic E-state index is 13.6. The number of rotatable bonds is 2. The lowest BCUT2D eigenvalue weighted by Gasteiger charge is -2.20. The minimum atomic E-state index is -0.0471. The van der Waals surface area contributed by atoms with Gasteiger partial charge in [0.15, 0.2) is 0 Å². The first-order chi connectivity index (χ1) is 16.8. The average Bonchev–Trinajstić information content (AvgIpc) is 2.92. The van der Waals surface area contributed by atoms with E-state index in [0.717, 1.165) is 55.2 Å². The zero-order chi connectivity index (χ0) is 22.6. The third kappa shape index (κ3) is 2.74. The van der Waals surface area contributed by atoms with Crippen molar-refractivity contribution in [1.82, 2.24) is 9.97 Å². The van der Waals surface area contributed by atoms with Crippen LogP contribution in [0.4, 0.5) is 0 Å². The fourth-order valence-corrected chi connectivity index (χ4v) is 5.01. The van der Waals surface area contributed by atoms with Gasteiger partial charge in [0.25, 0.3) is 0 Å². The van der Waals surface area contributed by atoms with Gasteiger partial charge in [0, 0.05) is 28.1 Å². The topological polar surface area (TPSA) is 42.9 Å². The SMILES string of the molecule is O=C1c2ccc(-c3ccccc3)cc2-c2nccc3c2c1nc1ccc(-c2ccccc2)cc13. The van der Waals surface area contributed by atoms with Crippen LogP contribution in [0.3, 0.4) is 0 Å². The van der Waals surface area contributed by atoms with E-state index in [2.05, 4.69) is 42.5 Å². The smallest absolute Gasteiger partial charge is 0.212 e. The molecular weight excluding hydrogens is 416 g/mol. The summed E-state index contributed by atoms with van der Waals surface area (Å²) < 4.78 is 0. The van der Waals surface area contributed by atoms with Crippen LogP contribution < -0.4 is 0 Å². The van der Waals surface area contributed by atoms with Crippen LogP contribution >= 0.6 is 0 Å². The summed E-state index contributed by atoms with van der Waals surface area (Å²) in [5, 5.41) is 2.87. The van der Waals surface area contributed by atoms with Gasteiger partial charge in [0.05, 0.1) is 11.2 Å². The third-order valence-corrected chi connectivity index (χ3v) is 6.66. The summed E-state index contributed by atoms with van der Waals surface area (Å²) in [5.41, 5.74) is 8.09. The lowest BCUT2D eigenvalue weighted by molar-refractivity contribution is 0.103. The van der Waals surface area contributed by atoms with Gasteiger partial charge in [-0.3, -0.25) is 9.78 Å². The highest BCUT2D eigenvalue weighted by Gasteiger charge is 2.29. The molecule has 0 fully saturated rings. The third-order valence-electron chi connectivity index (χ3n) is 6.66. The summed E-state index contributed by atoms with van der Waals surface area (Å²) >= 11 is 0. The maximum absolute atomic E-state index is 13.6. The van der Waals surface area contributed by atoms with E-state index in [9.17, 15) is 4.79 Å². The van der Waals surface area contributed by atoms with Gasteiger partial charge in [-0.05, 0) is 58.0 Å². The molecular formula is C31H18N2O. The van der Waals surface area contributed by atoms with E-state index in [1.165, 1.54) is 0 Å². The largest absolute Gasteiger partial charge is 0.287 e. The quantitative estimate of drug-likeness (QED) is 0.268. The number of hydrogen-bond acceptors (Lipinski definition) is 3. The molecule has 0 N–H and O–H groups in total. The molecule has 34 heavy (non-hydrogen) atoms. The molecule has 3 heteroatoms. The van der Waals surface area contributed by atoms with Gasteiger partial charge in [0.1, 0.15) is 5.69 Å². The zero-order valence-corrected chi connectivity index (χ0v) is 18.2. The molecule has 0 saturated carbocycles. The van der Waals surface area contributed by atoms with Gasteiger partial charge in [0.2, 0.25) is 5.78 Å². The molecule has 0 bridgehead atoms. The Bertz CT molecular complexity index is 1760. The summed E-state index contributed by atoms with van der Waals surface area (Å²) in [5.74, 6) is -0.0471. The van der Waals surface area contributed by atoms with E-state index in [0.29, 0.717) is 11.3 Å². The Morgan fingerprint density at radius 2 is 1.21 bits per heavy atom. The normalized spacial score (nSPS) is 12.2. The molecule has 7 rings (SSSR count). The molecule has 1 aliphatic carbocycles. The standard InChI is InChI=1S/C31H18N2O/c34-31-24-13-11-21(19-7-3-1-4-8-19)18-26(24)29-28-23(15-16-32-29)25-17-22(20-9-5-2-6-10-20)12-14-27(25)33-30(28)31/h1-18H. The Morgan fingerprint density at radius 3 is 1.94 bits per heavy atom. The Balaban J connectivity index is 1.52. The maximum Gasteiger partial charge on any atom is 0.212 e. The molecule has 0 saturated heterocycles. The fraction of sp³-hybridized carbons (Fsp3) is 0. The highest BCUT2D eigenvalue weighted by Crippen LogP contribution is 2.41. The molecule has 2 aromatic heterocycles. The van der Waals surface area contributed by atoms with E-state index in [1.54, 1.807) is 0 Å². The highest BCUT2D eigenvalue weighted by molar-refractivity contribution is 6.27. The van der Waals surface area contributed by atoms with Gasteiger partial charge >= 0.3 is 0 Å². The summed E-state index contributed by atoms with van der Waals surface area (Å²) in [6.07, 6.45) is 1.84. The molecule has 0 spiro atoms. The second kappa shape index (κ2) is 7.19. The zero-order valence-electron chi connectivity index (χ0n) is 18.2. The number of benzene rings is 4. The van der Waals surface area contributed by atoms with E-state index in [1.807, 2.05) is 66.9 Å². The van der Waals surface area contributed by atoms with Crippen LogP contribution in [0, 0.1) is 0 Å². The van der Waals surface area contributed by atoms with Gasteiger partial charge in [-0.2, -0.15) is 0 Å².